The van der Waals surface area contributed by atoms with Crippen LogP contribution in [0.5, 0.6) is 5.88 Å². The van der Waals surface area contributed by atoms with Crippen LogP contribution in [-0.4, -0.2) is 38.0 Å². The molecule has 2 aliphatic rings. The highest BCUT2D eigenvalue weighted by Crippen LogP contribution is 2.33. The van der Waals surface area contributed by atoms with Crippen molar-refractivity contribution >= 4 is 33.6 Å². The van der Waals surface area contributed by atoms with Gasteiger partial charge in [0, 0.05) is 41.7 Å². The number of hydrogen-bond donors (Lipinski definition) is 1. The second-order valence-electron chi connectivity index (χ2n) is 10.2. The number of amides is 1. The minimum Gasteiger partial charge on any atom is -0.391 e. The Morgan fingerprint density at radius 3 is 2.55 bits per heavy atom. The smallest absolute Gasteiger partial charge is 0.391 e. The van der Waals surface area contributed by atoms with E-state index in [2.05, 4.69) is 50.6 Å². The molecule has 2 aromatic heterocycles. The fraction of sp³-hybridized carbons (Fsp3) is 0.226. The molecule has 0 radical (unpaired) electrons. The number of rotatable bonds is 7. The second-order valence-corrected chi connectivity index (χ2v) is 10.2. The standard InChI is InChI=1S/C31H27N5O2/c37-31(38-29-16-22-5-1-2-6-24(22)17-32-29)36(26-11-12-26)18-20-4-3-7-21(14-20)23-8-13-28-27(15-23)30(34-19-33-28)35-25-9-10-25/h1-8,13-17,19,25-26H,9-12,18H2,(H,33,34,35). The van der Waals surface area contributed by atoms with E-state index in [1.807, 2.05) is 47.4 Å². The molecule has 7 rings (SSSR count). The van der Waals surface area contributed by atoms with Crippen LogP contribution in [0.4, 0.5) is 10.6 Å². The molecular formula is C31H27N5O2. The quantitative estimate of drug-likeness (QED) is 0.271. The van der Waals surface area contributed by atoms with Crippen LogP contribution in [0.15, 0.2) is 85.3 Å². The van der Waals surface area contributed by atoms with E-state index in [4.69, 9.17) is 4.74 Å². The highest BCUT2D eigenvalue weighted by atomic mass is 16.6. The predicted molar refractivity (Wildman–Crippen MR) is 148 cm³/mol. The van der Waals surface area contributed by atoms with Gasteiger partial charge in [0.2, 0.25) is 5.88 Å². The lowest BCUT2D eigenvalue weighted by Crippen LogP contribution is -2.35. The molecule has 38 heavy (non-hydrogen) atoms. The van der Waals surface area contributed by atoms with Crippen LogP contribution in [0, 0.1) is 0 Å². The molecular weight excluding hydrogens is 474 g/mol. The van der Waals surface area contributed by atoms with Gasteiger partial charge in [-0.2, -0.15) is 0 Å². The number of carbonyl (C=O) groups excluding carboxylic acids is 1. The molecule has 188 valence electrons. The number of nitrogens with one attached hydrogen (secondary N) is 1. The van der Waals surface area contributed by atoms with Crippen molar-refractivity contribution in [2.24, 2.45) is 0 Å². The Morgan fingerprint density at radius 2 is 1.71 bits per heavy atom. The average Bonchev–Trinajstić information content (AvgIpc) is 3.88. The summed E-state index contributed by atoms with van der Waals surface area (Å²) in [5, 5.41) is 6.55. The van der Waals surface area contributed by atoms with E-state index < -0.39 is 0 Å². The maximum atomic E-state index is 13.2. The van der Waals surface area contributed by atoms with Gasteiger partial charge in [0.1, 0.15) is 12.1 Å². The van der Waals surface area contributed by atoms with Crippen LogP contribution >= 0.6 is 0 Å². The highest BCUT2D eigenvalue weighted by molar-refractivity contribution is 5.92. The molecule has 2 aliphatic carbocycles. The molecule has 1 N–H and O–H groups in total. The van der Waals surface area contributed by atoms with Gasteiger partial charge in [0.25, 0.3) is 0 Å². The van der Waals surface area contributed by atoms with Crippen LogP contribution < -0.4 is 10.1 Å². The van der Waals surface area contributed by atoms with Crippen molar-refractivity contribution in [3.8, 4) is 17.0 Å². The topological polar surface area (TPSA) is 80.2 Å². The molecule has 7 nitrogen and oxygen atoms in total. The number of fused-ring (bicyclic) bond motifs is 2. The van der Waals surface area contributed by atoms with Crippen molar-refractivity contribution in [3.63, 3.8) is 0 Å². The second kappa shape index (κ2) is 9.41. The highest BCUT2D eigenvalue weighted by Gasteiger charge is 2.34. The minimum absolute atomic E-state index is 0.195. The SMILES string of the molecule is O=C(Oc1cc2ccccc2cn1)N(Cc1cccc(-c2ccc3ncnc(NC4CC4)c3c2)c1)C1CC1. The molecule has 0 spiro atoms. The first-order valence-corrected chi connectivity index (χ1v) is 13.1. The third kappa shape index (κ3) is 4.75. The van der Waals surface area contributed by atoms with Crippen molar-refractivity contribution in [1.82, 2.24) is 19.9 Å². The minimum atomic E-state index is -0.362. The first-order valence-electron chi connectivity index (χ1n) is 13.1. The number of hydrogen-bond acceptors (Lipinski definition) is 6. The van der Waals surface area contributed by atoms with E-state index in [9.17, 15) is 4.79 Å². The maximum absolute atomic E-state index is 13.2. The summed E-state index contributed by atoms with van der Waals surface area (Å²) < 4.78 is 5.73. The van der Waals surface area contributed by atoms with E-state index >= 15 is 0 Å². The zero-order valence-corrected chi connectivity index (χ0v) is 20.9. The summed E-state index contributed by atoms with van der Waals surface area (Å²) in [5.74, 6) is 1.21. The van der Waals surface area contributed by atoms with Crippen molar-refractivity contribution in [1.29, 1.82) is 0 Å². The number of anilines is 1. The van der Waals surface area contributed by atoms with E-state index in [-0.39, 0.29) is 12.1 Å². The molecule has 0 unspecified atom stereocenters. The number of pyridine rings is 1. The largest absolute Gasteiger partial charge is 0.417 e. The van der Waals surface area contributed by atoms with E-state index in [1.165, 1.54) is 12.8 Å². The Bertz CT molecular complexity index is 1660. The Balaban J connectivity index is 1.13. The number of ether oxygens (including phenoxy) is 1. The first kappa shape index (κ1) is 22.7. The summed E-state index contributed by atoms with van der Waals surface area (Å²) in [6.07, 6.45) is 7.34. The van der Waals surface area contributed by atoms with Crippen LogP contribution in [0.1, 0.15) is 31.2 Å². The van der Waals surface area contributed by atoms with Crippen LogP contribution in [-0.2, 0) is 6.54 Å². The fourth-order valence-corrected chi connectivity index (χ4v) is 4.81. The molecule has 3 aromatic carbocycles. The molecule has 2 heterocycles. The zero-order chi connectivity index (χ0) is 25.5. The van der Waals surface area contributed by atoms with Crippen LogP contribution in [0.25, 0.3) is 32.8 Å². The Labute approximate surface area is 220 Å². The molecule has 5 aromatic rings. The van der Waals surface area contributed by atoms with E-state index in [0.717, 1.165) is 57.0 Å². The zero-order valence-electron chi connectivity index (χ0n) is 20.9. The fourth-order valence-electron chi connectivity index (χ4n) is 4.81. The third-order valence-electron chi connectivity index (χ3n) is 7.19. The first-order chi connectivity index (χ1) is 18.7. The Hall–Kier alpha value is -4.52. The maximum Gasteiger partial charge on any atom is 0.417 e. The van der Waals surface area contributed by atoms with Crippen molar-refractivity contribution in [2.45, 2.75) is 44.3 Å². The van der Waals surface area contributed by atoms with Gasteiger partial charge in [-0.05, 0) is 66.0 Å². The van der Waals surface area contributed by atoms with Crippen molar-refractivity contribution in [2.75, 3.05) is 5.32 Å². The van der Waals surface area contributed by atoms with Gasteiger partial charge in [0.15, 0.2) is 0 Å². The third-order valence-corrected chi connectivity index (χ3v) is 7.19. The van der Waals surface area contributed by atoms with Gasteiger partial charge in [-0.1, -0.05) is 48.5 Å². The summed E-state index contributed by atoms with van der Waals surface area (Å²) in [4.78, 5) is 28.3. The molecule has 0 bridgehead atoms. The van der Waals surface area contributed by atoms with Crippen LogP contribution in [0.2, 0.25) is 0 Å². The average molecular weight is 502 g/mol. The summed E-state index contributed by atoms with van der Waals surface area (Å²) >= 11 is 0. The van der Waals surface area contributed by atoms with Crippen LogP contribution in [0.3, 0.4) is 0 Å². The van der Waals surface area contributed by atoms with Crippen molar-refractivity contribution in [3.05, 3.63) is 90.9 Å². The normalized spacial score (nSPS) is 14.9. The lowest BCUT2D eigenvalue weighted by atomic mass is 10.0. The van der Waals surface area contributed by atoms with Gasteiger partial charge < -0.3 is 15.0 Å². The monoisotopic (exact) mass is 501 g/mol. The van der Waals surface area contributed by atoms with Crippen molar-refractivity contribution < 1.29 is 9.53 Å². The summed E-state index contributed by atoms with van der Waals surface area (Å²) in [6, 6.07) is 25.1. The molecule has 7 heteroatoms. The summed E-state index contributed by atoms with van der Waals surface area (Å²) in [5.41, 5.74) is 4.16. The lowest BCUT2D eigenvalue weighted by Gasteiger charge is -2.22. The number of aromatic nitrogens is 3. The predicted octanol–water partition coefficient (Wildman–Crippen LogP) is 6.58. The van der Waals surface area contributed by atoms with E-state index in [0.29, 0.717) is 18.5 Å². The van der Waals surface area contributed by atoms with Gasteiger partial charge >= 0.3 is 6.09 Å². The number of nitrogens with zero attached hydrogens (tertiary/aromatic N) is 4. The lowest BCUT2D eigenvalue weighted by molar-refractivity contribution is 0.144. The van der Waals surface area contributed by atoms with Gasteiger partial charge in [-0.15, -0.1) is 0 Å². The number of carbonyl (C=O) groups is 1. The summed E-state index contributed by atoms with van der Waals surface area (Å²) in [7, 11) is 0. The molecule has 2 saturated carbocycles. The molecule has 0 saturated heterocycles. The van der Waals surface area contributed by atoms with Gasteiger partial charge in [-0.3, -0.25) is 0 Å². The molecule has 0 atom stereocenters. The summed E-state index contributed by atoms with van der Waals surface area (Å²) in [6.45, 7) is 0.482. The van der Waals surface area contributed by atoms with E-state index in [1.54, 1.807) is 12.5 Å². The molecule has 2 fully saturated rings. The Morgan fingerprint density at radius 1 is 0.868 bits per heavy atom. The number of benzene rings is 3. The molecule has 0 aliphatic heterocycles. The van der Waals surface area contributed by atoms with Gasteiger partial charge in [0.05, 0.1) is 5.52 Å². The molecule has 1 amide bonds. The Kier molecular flexibility index (Phi) is 5.61. The van der Waals surface area contributed by atoms with Gasteiger partial charge in [-0.25, -0.2) is 19.7 Å².